The summed E-state index contributed by atoms with van der Waals surface area (Å²) in [5.41, 5.74) is 4.80. The van der Waals surface area contributed by atoms with Gasteiger partial charge in [0.1, 0.15) is 6.04 Å². The molecule has 0 fully saturated rings. The highest BCUT2D eigenvalue weighted by Gasteiger charge is 2.41. The van der Waals surface area contributed by atoms with E-state index in [1.165, 1.54) is 19.2 Å². The molecule has 94 valence electrons. The highest BCUT2D eigenvalue weighted by molar-refractivity contribution is 6.05. The highest BCUT2D eigenvalue weighted by atomic mass is 35.5. The summed E-state index contributed by atoms with van der Waals surface area (Å²) in [7, 11) is 1.29. The van der Waals surface area contributed by atoms with Gasteiger partial charge in [0.15, 0.2) is 0 Å². The van der Waals surface area contributed by atoms with Crippen LogP contribution < -0.4 is 10.6 Å². The van der Waals surface area contributed by atoms with Gasteiger partial charge in [-0.15, -0.1) is 12.4 Å². The molecule has 1 aromatic carbocycles. The molecule has 3 nitrogen and oxygen atoms in total. The van der Waals surface area contributed by atoms with Crippen LogP contribution in [0.4, 0.5) is 18.9 Å². The van der Waals surface area contributed by atoms with Crippen LogP contribution in [-0.4, -0.2) is 13.0 Å². The minimum atomic E-state index is -4.48. The third-order valence-electron chi connectivity index (χ3n) is 2.64. The van der Waals surface area contributed by atoms with Gasteiger partial charge >= 0.3 is 6.18 Å². The van der Waals surface area contributed by atoms with Crippen molar-refractivity contribution in [3.63, 3.8) is 0 Å². The maximum atomic E-state index is 12.7. The van der Waals surface area contributed by atoms with Crippen LogP contribution in [0.15, 0.2) is 18.2 Å². The van der Waals surface area contributed by atoms with Gasteiger partial charge in [-0.05, 0) is 6.07 Å². The molecule has 0 saturated carbocycles. The van der Waals surface area contributed by atoms with E-state index in [1.54, 1.807) is 0 Å². The molecule has 0 saturated heterocycles. The van der Waals surface area contributed by atoms with Gasteiger partial charge in [0, 0.05) is 12.6 Å². The highest BCUT2D eigenvalue weighted by Crippen LogP contribution is 2.43. The van der Waals surface area contributed by atoms with Gasteiger partial charge in [-0.1, -0.05) is 12.1 Å². The van der Waals surface area contributed by atoms with Crippen LogP contribution in [0, 0.1) is 0 Å². The maximum absolute atomic E-state index is 12.7. The number of rotatable bonds is 0. The van der Waals surface area contributed by atoms with Crippen LogP contribution >= 0.6 is 12.4 Å². The second kappa shape index (κ2) is 4.19. The second-order valence-corrected chi connectivity index (χ2v) is 3.62. The number of carbonyl (C=O) groups is 1. The number of alkyl halides is 3. The molecule has 2 rings (SSSR count). The molecular weight excluding hydrogens is 257 g/mol. The van der Waals surface area contributed by atoms with Crippen molar-refractivity contribution in [3.8, 4) is 0 Å². The van der Waals surface area contributed by atoms with Crippen molar-refractivity contribution in [2.45, 2.75) is 12.2 Å². The van der Waals surface area contributed by atoms with Crippen molar-refractivity contribution < 1.29 is 18.0 Å². The number of likely N-dealkylation sites (N-methyl/N-ethyl adjacent to an activating group) is 1. The first-order valence-corrected chi connectivity index (χ1v) is 4.57. The van der Waals surface area contributed by atoms with Gasteiger partial charge < -0.3 is 10.6 Å². The minimum Gasteiger partial charge on any atom is -0.316 e. The Kier molecular flexibility index (Phi) is 3.40. The average Bonchev–Trinajstić information content (AvgIpc) is 2.43. The number of hydrogen-bond acceptors (Lipinski definition) is 2. The Hall–Kier alpha value is -1.27. The van der Waals surface area contributed by atoms with E-state index in [9.17, 15) is 18.0 Å². The summed E-state index contributed by atoms with van der Waals surface area (Å²) < 4.78 is 38.1. The molecule has 7 heteroatoms. The van der Waals surface area contributed by atoms with Gasteiger partial charge in [0.05, 0.1) is 11.3 Å². The Morgan fingerprint density at radius 2 is 1.94 bits per heavy atom. The molecule has 1 aliphatic heterocycles. The van der Waals surface area contributed by atoms with Crippen molar-refractivity contribution >= 4 is 24.0 Å². The lowest BCUT2D eigenvalue weighted by Gasteiger charge is -2.16. The Balaban J connectivity index is 0.00000144. The van der Waals surface area contributed by atoms with Crippen LogP contribution in [0.25, 0.3) is 0 Å². The first kappa shape index (κ1) is 13.8. The first-order valence-electron chi connectivity index (χ1n) is 4.57. The summed E-state index contributed by atoms with van der Waals surface area (Å²) in [5.74, 6) is -0.522. The molecule has 1 unspecified atom stereocenters. The normalized spacial score (nSPS) is 19.0. The average molecular weight is 267 g/mol. The lowest BCUT2D eigenvalue weighted by atomic mass is 10.0. The molecule has 0 aromatic heterocycles. The quantitative estimate of drug-likeness (QED) is 0.782. The second-order valence-electron chi connectivity index (χ2n) is 3.62. The molecule has 2 N–H and O–H groups in total. The van der Waals surface area contributed by atoms with Crippen molar-refractivity contribution in [1.29, 1.82) is 0 Å². The molecule has 17 heavy (non-hydrogen) atoms. The van der Waals surface area contributed by atoms with E-state index in [-0.39, 0.29) is 23.7 Å². The number of para-hydroxylation sites is 1. The summed E-state index contributed by atoms with van der Waals surface area (Å²) >= 11 is 0. The summed E-state index contributed by atoms with van der Waals surface area (Å²) in [6, 6.07) is 2.65. The van der Waals surface area contributed by atoms with E-state index in [2.05, 4.69) is 0 Å². The third-order valence-corrected chi connectivity index (χ3v) is 2.64. The van der Waals surface area contributed by atoms with Gasteiger partial charge in [0.25, 0.3) is 0 Å². The van der Waals surface area contributed by atoms with E-state index in [4.69, 9.17) is 5.73 Å². The molecule has 1 atom stereocenters. The van der Waals surface area contributed by atoms with Crippen molar-refractivity contribution in [2.24, 2.45) is 5.73 Å². The fourth-order valence-corrected chi connectivity index (χ4v) is 1.87. The molecule has 0 radical (unpaired) electrons. The van der Waals surface area contributed by atoms with Crippen LogP contribution in [-0.2, 0) is 11.0 Å². The number of nitrogens with zero attached hydrogens (tertiary/aromatic N) is 1. The van der Waals surface area contributed by atoms with E-state index >= 15 is 0 Å². The van der Waals surface area contributed by atoms with Gasteiger partial charge in [-0.2, -0.15) is 13.2 Å². The van der Waals surface area contributed by atoms with Gasteiger partial charge in [-0.3, -0.25) is 4.79 Å². The Labute approximate surface area is 102 Å². The molecule has 0 aliphatic carbocycles. The fourth-order valence-electron chi connectivity index (χ4n) is 1.87. The number of benzene rings is 1. The van der Waals surface area contributed by atoms with Crippen LogP contribution in [0.1, 0.15) is 17.2 Å². The smallest absolute Gasteiger partial charge is 0.316 e. The number of fused-ring (bicyclic) bond motifs is 1. The fraction of sp³-hybridized carbons (Fsp3) is 0.300. The lowest BCUT2D eigenvalue weighted by Crippen LogP contribution is -2.28. The maximum Gasteiger partial charge on any atom is 0.418 e. The van der Waals surface area contributed by atoms with Gasteiger partial charge in [0.2, 0.25) is 5.91 Å². The lowest BCUT2D eigenvalue weighted by molar-refractivity contribution is -0.137. The van der Waals surface area contributed by atoms with Crippen LogP contribution in [0.2, 0.25) is 0 Å². The summed E-state index contributed by atoms with van der Waals surface area (Å²) in [4.78, 5) is 12.4. The molecular formula is C10H10ClF3N2O. The molecule has 1 amide bonds. The van der Waals surface area contributed by atoms with Gasteiger partial charge in [-0.25, -0.2) is 0 Å². The predicted molar refractivity (Wildman–Crippen MR) is 59.0 cm³/mol. The summed E-state index contributed by atoms with van der Waals surface area (Å²) in [6.45, 7) is 0. The molecule has 1 heterocycles. The summed E-state index contributed by atoms with van der Waals surface area (Å²) in [5, 5.41) is 0. The Bertz CT molecular complexity index is 461. The number of hydrogen-bond donors (Lipinski definition) is 1. The number of nitrogens with two attached hydrogens (primary N) is 1. The van der Waals surface area contributed by atoms with E-state index in [0.29, 0.717) is 0 Å². The van der Waals surface area contributed by atoms with Crippen LogP contribution in [0.5, 0.6) is 0 Å². The Morgan fingerprint density at radius 3 is 2.47 bits per heavy atom. The molecule has 0 spiro atoms. The number of halogens is 4. The van der Waals surface area contributed by atoms with Crippen molar-refractivity contribution in [3.05, 3.63) is 29.3 Å². The Morgan fingerprint density at radius 1 is 1.35 bits per heavy atom. The monoisotopic (exact) mass is 266 g/mol. The zero-order valence-corrected chi connectivity index (χ0v) is 9.60. The van der Waals surface area contributed by atoms with E-state index in [0.717, 1.165) is 11.0 Å². The number of anilines is 1. The standard InChI is InChI=1S/C10H9F3N2O.ClH/c1-15-8-5(7(14)9(15)16)3-2-4-6(8)10(11,12)13;/h2-4,7H,14H2,1H3;1H. The van der Waals surface area contributed by atoms with Crippen molar-refractivity contribution in [2.75, 3.05) is 11.9 Å². The minimum absolute atomic E-state index is 0. The van der Waals surface area contributed by atoms with E-state index < -0.39 is 23.7 Å². The third kappa shape index (κ3) is 1.98. The van der Waals surface area contributed by atoms with Crippen molar-refractivity contribution in [1.82, 2.24) is 0 Å². The molecule has 0 bridgehead atoms. The largest absolute Gasteiger partial charge is 0.418 e. The first-order chi connectivity index (χ1) is 7.34. The number of amides is 1. The number of carbonyl (C=O) groups excluding carboxylic acids is 1. The molecule has 1 aromatic rings. The SMILES string of the molecule is CN1C(=O)C(N)c2cccc(C(F)(F)F)c21.Cl. The molecule has 1 aliphatic rings. The zero-order chi connectivity index (χ0) is 12.1. The topological polar surface area (TPSA) is 46.3 Å². The summed E-state index contributed by atoms with van der Waals surface area (Å²) in [6.07, 6.45) is -4.48. The zero-order valence-electron chi connectivity index (χ0n) is 8.78. The van der Waals surface area contributed by atoms with E-state index in [1.807, 2.05) is 0 Å². The predicted octanol–water partition coefficient (Wildman–Crippen LogP) is 2.10. The van der Waals surface area contributed by atoms with Crippen LogP contribution in [0.3, 0.4) is 0 Å².